The van der Waals surface area contributed by atoms with Crippen molar-refractivity contribution >= 4 is 19.0 Å². The summed E-state index contributed by atoms with van der Waals surface area (Å²) in [5.41, 5.74) is 0.687. The van der Waals surface area contributed by atoms with Gasteiger partial charge in [-0.25, -0.2) is 4.79 Å². The van der Waals surface area contributed by atoms with Gasteiger partial charge in [0.1, 0.15) is 23.2 Å². The summed E-state index contributed by atoms with van der Waals surface area (Å²) >= 11 is 0. The molecule has 1 aromatic carbocycles. The number of carbonyl (C=O) groups is 2. The molecule has 3 heterocycles. The first-order valence-electron chi connectivity index (χ1n) is 9.82. The Kier molecular flexibility index (Phi) is 5.20. The molecular formula is C19H25BN2O6. The maximum Gasteiger partial charge on any atom is 0.522 e. The van der Waals surface area contributed by atoms with Crippen molar-refractivity contribution < 1.29 is 29.1 Å². The van der Waals surface area contributed by atoms with Crippen LogP contribution in [0.5, 0.6) is 11.5 Å². The lowest BCUT2D eigenvalue weighted by Crippen LogP contribution is -2.56. The van der Waals surface area contributed by atoms with Crippen molar-refractivity contribution in [2.24, 2.45) is 5.92 Å². The van der Waals surface area contributed by atoms with Gasteiger partial charge in [-0.2, -0.15) is 0 Å². The number of benzene rings is 1. The lowest BCUT2D eigenvalue weighted by atomic mass is 9.78. The van der Waals surface area contributed by atoms with Crippen LogP contribution in [0.3, 0.4) is 0 Å². The lowest BCUT2D eigenvalue weighted by molar-refractivity contribution is -0.140. The van der Waals surface area contributed by atoms with Crippen molar-refractivity contribution in [2.45, 2.75) is 44.7 Å². The number of aromatic carboxylic acids is 1. The van der Waals surface area contributed by atoms with E-state index in [2.05, 4.69) is 12.2 Å². The second-order valence-corrected chi connectivity index (χ2v) is 8.00. The molecule has 0 bridgehead atoms. The number of hydrogen-bond donors (Lipinski definition) is 3. The zero-order valence-electron chi connectivity index (χ0n) is 15.9. The number of carbonyl (C=O) groups excluding carboxylic acids is 1. The van der Waals surface area contributed by atoms with E-state index in [1.807, 2.05) is 0 Å². The normalized spacial score (nSPS) is 24.4. The molecule has 2 atom stereocenters. The van der Waals surface area contributed by atoms with Gasteiger partial charge >= 0.3 is 13.1 Å². The summed E-state index contributed by atoms with van der Waals surface area (Å²) in [4.78, 5) is 25.9. The summed E-state index contributed by atoms with van der Waals surface area (Å²) in [6.45, 7) is 3.91. The Balaban J connectivity index is 1.37. The van der Waals surface area contributed by atoms with Crippen molar-refractivity contribution in [2.75, 3.05) is 19.6 Å². The van der Waals surface area contributed by atoms with Gasteiger partial charge < -0.3 is 29.7 Å². The number of hydrogen-bond acceptors (Lipinski definition) is 6. The molecular weight excluding hydrogens is 363 g/mol. The molecule has 3 aliphatic heterocycles. The van der Waals surface area contributed by atoms with E-state index in [0.29, 0.717) is 44.2 Å². The smallest absolute Gasteiger partial charge is 0.522 e. The van der Waals surface area contributed by atoms with E-state index < -0.39 is 13.1 Å². The molecule has 0 aromatic heterocycles. The molecule has 150 valence electrons. The van der Waals surface area contributed by atoms with Crippen LogP contribution in [0.1, 0.15) is 35.7 Å². The van der Waals surface area contributed by atoms with E-state index in [1.54, 1.807) is 17.0 Å². The molecule has 1 aromatic rings. The van der Waals surface area contributed by atoms with Crippen molar-refractivity contribution in [3.63, 3.8) is 0 Å². The predicted octanol–water partition coefficient (Wildman–Crippen LogP) is 0.778. The quantitative estimate of drug-likeness (QED) is 0.640. The largest absolute Gasteiger partial charge is 0.535 e. The van der Waals surface area contributed by atoms with Crippen LogP contribution in [0, 0.1) is 5.92 Å². The van der Waals surface area contributed by atoms with Gasteiger partial charge in [0.25, 0.3) is 0 Å². The van der Waals surface area contributed by atoms with Crippen molar-refractivity contribution in [1.29, 1.82) is 0 Å². The number of amides is 1. The van der Waals surface area contributed by atoms with Gasteiger partial charge in [0.05, 0.1) is 13.1 Å². The summed E-state index contributed by atoms with van der Waals surface area (Å²) in [5.74, 6) is -0.261. The summed E-state index contributed by atoms with van der Waals surface area (Å²) < 4.78 is 11.2. The fourth-order valence-corrected chi connectivity index (χ4v) is 4.18. The summed E-state index contributed by atoms with van der Waals surface area (Å²) in [7, 11) is -1.01. The highest BCUT2D eigenvalue weighted by atomic mass is 16.5. The average molecular weight is 388 g/mol. The van der Waals surface area contributed by atoms with Crippen LogP contribution in [0.15, 0.2) is 12.1 Å². The minimum Gasteiger partial charge on any atom is -0.535 e. The van der Waals surface area contributed by atoms with Gasteiger partial charge in [0.15, 0.2) is 0 Å². The highest BCUT2D eigenvalue weighted by molar-refractivity contribution is 6.44. The number of ether oxygens (including phenoxy) is 1. The molecule has 0 unspecified atom stereocenters. The minimum absolute atomic E-state index is 0.0629. The fraction of sp³-hybridized carbons (Fsp3) is 0.579. The molecule has 8 nitrogen and oxygen atoms in total. The Morgan fingerprint density at radius 3 is 2.86 bits per heavy atom. The van der Waals surface area contributed by atoms with E-state index in [-0.39, 0.29) is 29.1 Å². The first-order valence-corrected chi connectivity index (χ1v) is 9.82. The SMILES string of the molecule is C[C@H]1C[C@@H](CC(=O)N2CC(Oc3ccc4c(c3C(=O)O)OB(O)CC4)C2)CN1. The first kappa shape index (κ1) is 19.1. The standard InChI is InChI=1S/C19H25BN2O6/c1-11-6-12(8-21-11)7-16(23)22-9-14(10-22)27-15-3-2-13-4-5-20(26)28-18(13)17(15)19(24)25/h2-3,11-12,14,21,26H,4-10H2,1H3,(H,24,25)/t11-,12-/m0/s1. The highest BCUT2D eigenvalue weighted by Crippen LogP contribution is 2.37. The fourth-order valence-electron chi connectivity index (χ4n) is 4.18. The van der Waals surface area contributed by atoms with Gasteiger partial charge in [0, 0.05) is 12.5 Å². The van der Waals surface area contributed by atoms with Crippen molar-refractivity contribution in [3.05, 3.63) is 23.3 Å². The van der Waals surface area contributed by atoms with Crippen molar-refractivity contribution in [1.82, 2.24) is 10.2 Å². The molecule has 4 rings (SSSR count). The van der Waals surface area contributed by atoms with E-state index in [1.165, 1.54) is 0 Å². The summed E-state index contributed by atoms with van der Waals surface area (Å²) in [6.07, 6.45) is 2.30. The molecule has 3 aliphatic rings. The van der Waals surface area contributed by atoms with Gasteiger partial charge in [-0.3, -0.25) is 4.79 Å². The maximum atomic E-state index is 12.4. The van der Waals surface area contributed by atoms with Crippen LogP contribution in [-0.4, -0.2) is 65.8 Å². The number of fused-ring (bicyclic) bond motifs is 1. The van der Waals surface area contributed by atoms with Crippen LogP contribution < -0.4 is 14.7 Å². The summed E-state index contributed by atoms with van der Waals surface area (Å²) in [6, 6.07) is 3.88. The maximum absolute atomic E-state index is 12.4. The van der Waals surface area contributed by atoms with Gasteiger partial charge in [-0.1, -0.05) is 6.07 Å². The minimum atomic E-state index is -1.16. The monoisotopic (exact) mass is 388 g/mol. The number of carboxylic acids is 1. The molecule has 2 fully saturated rings. The third-order valence-corrected chi connectivity index (χ3v) is 5.73. The molecule has 9 heteroatoms. The van der Waals surface area contributed by atoms with E-state index >= 15 is 0 Å². The lowest BCUT2D eigenvalue weighted by Gasteiger charge is -2.39. The second kappa shape index (κ2) is 7.64. The predicted molar refractivity (Wildman–Crippen MR) is 102 cm³/mol. The number of rotatable bonds is 5. The van der Waals surface area contributed by atoms with Crippen LogP contribution in [-0.2, 0) is 11.2 Å². The molecule has 0 spiro atoms. The zero-order chi connectivity index (χ0) is 19.8. The molecule has 28 heavy (non-hydrogen) atoms. The Morgan fingerprint density at radius 2 is 2.18 bits per heavy atom. The van der Waals surface area contributed by atoms with Gasteiger partial charge in [-0.15, -0.1) is 0 Å². The molecule has 3 N–H and O–H groups in total. The first-order chi connectivity index (χ1) is 13.4. The van der Waals surface area contributed by atoms with Gasteiger partial charge in [-0.05, 0) is 50.2 Å². The van der Waals surface area contributed by atoms with Gasteiger partial charge in [0.2, 0.25) is 5.91 Å². The van der Waals surface area contributed by atoms with Crippen LogP contribution >= 0.6 is 0 Å². The van der Waals surface area contributed by atoms with Crippen LogP contribution in [0.2, 0.25) is 6.32 Å². The van der Waals surface area contributed by atoms with Crippen LogP contribution in [0.25, 0.3) is 0 Å². The molecule has 1 amide bonds. The number of aryl methyl sites for hydroxylation is 1. The highest BCUT2D eigenvalue weighted by Gasteiger charge is 2.36. The third kappa shape index (κ3) is 3.81. The van der Waals surface area contributed by atoms with E-state index in [0.717, 1.165) is 18.5 Å². The number of carboxylic acid groups (broad SMARTS) is 1. The Hall–Kier alpha value is -2.26. The molecule has 0 radical (unpaired) electrons. The molecule has 2 saturated heterocycles. The van der Waals surface area contributed by atoms with Crippen LogP contribution in [0.4, 0.5) is 0 Å². The zero-order valence-corrected chi connectivity index (χ0v) is 15.9. The van der Waals surface area contributed by atoms with E-state index in [9.17, 15) is 19.7 Å². The second-order valence-electron chi connectivity index (χ2n) is 8.00. The third-order valence-electron chi connectivity index (χ3n) is 5.73. The number of nitrogens with one attached hydrogen (secondary N) is 1. The summed E-state index contributed by atoms with van der Waals surface area (Å²) in [5, 5.41) is 22.7. The number of nitrogens with zero attached hydrogens (tertiary/aromatic N) is 1. The molecule has 0 aliphatic carbocycles. The average Bonchev–Trinajstić information content (AvgIpc) is 3.01. The topological polar surface area (TPSA) is 108 Å². The number of likely N-dealkylation sites (tertiary alicyclic amines) is 1. The van der Waals surface area contributed by atoms with Crippen molar-refractivity contribution in [3.8, 4) is 11.5 Å². The molecule has 0 saturated carbocycles. The Morgan fingerprint density at radius 1 is 1.39 bits per heavy atom. The van der Waals surface area contributed by atoms with E-state index in [4.69, 9.17) is 9.39 Å². The Bertz CT molecular complexity index is 782. The Labute approximate surface area is 163 Å².